The Kier molecular flexibility index (Phi) is 5.02. The number of aliphatic hydroxyl groups is 1. The van der Waals surface area contributed by atoms with E-state index in [0.717, 1.165) is 19.3 Å². The van der Waals surface area contributed by atoms with Crippen LogP contribution >= 0.6 is 11.8 Å². The minimum Gasteiger partial charge on any atom is -0.392 e. The van der Waals surface area contributed by atoms with Crippen molar-refractivity contribution in [2.75, 3.05) is 0 Å². The summed E-state index contributed by atoms with van der Waals surface area (Å²) in [5, 5.41) is 9.42. The zero-order chi connectivity index (χ0) is 14.8. The Hall–Kier alpha value is -0.680. The van der Waals surface area contributed by atoms with Crippen LogP contribution in [-0.2, 0) is 12.8 Å². The third-order valence-electron chi connectivity index (χ3n) is 3.75. The van der Waals surface area contributed by atoms with Gasteiger partial charge in [-0.25, -0.2) is 0 Å². The molecule has 20 heavy (non-hydrogen) atoms. The maximum atomic E-state index is 12.9. The Bertz CT molecular complexity index is 459. The van der Waals surface area contributed by atoms with Crippen LogP contribution in [0.25, 0.3) is 0 Å². The minimum atomic E-state index is -4.41. The number of hydrogen-bond acceptors (Lipinski definition) is 2. The second-order valence-corrected chi connectivity index (χ2v) is 6.86. The summed E-state index contributed by atoms with van der Waals surface area (Å²) < 4.78 is 38.8. The van der Waals surface area contributed by atoms with Gasteiger partial charge in [0.15, 0.2) is 0 Å². The van der Waals surface area contributed by atoms with E-state index in [1.165, 1.54) is 30.3 Å². The topological polar surface area (TPSA) is 20.2 Å². The van der Waals surface area contributed by atoms with Gasteiger partial charge in [-0.1, -0.05) is 25.8 Å². The first-order valence-corrected chi connectivity index (χ1v) is 7.75. The van der Waals surface area contributed by atoms with E-state index in [-0.39, 0.29) is 5.56 Å². The molecule has 1 aliphatic rings. The summed E-state index contributed by atoms with van der Waals surface area (Å²) in [6.45, 7) is 1.61. The molecule has 2 atom stereocenters. The van der Waals surface area contributed by atoms with Crippen molar-refractivity contribution in [2.24, 2.45) is 5.92 Å². The molecule has 2 unspecified atom stereocenters. The normalized spacial score (nSPS) is 23.9. The fourth-order valence-electron chi connectivity index (χ4n) is 2.71. The van der Waals surface area contributed by atoms with Gasteiger partial charge in [0.05, 0.1) is 12.2 Å². The molecule has 0 saturated heterocycles. The molecule has 1 nitrogen and oxygen atoms in total. The van der Waals surface area contributed by atoms with Crippen molar-refractivity contribution in [3.63, 3.8) is 0 Å². The zero-order valence-corrected chi connectivity index (χ0v) is 12.2. The Labute approximate surface area is 121 Å². The van der Waals surface area contributed by atoms with E-state index in [1.807, 2.05) is 0 Å². The van der Waals surface area contributed by atoms with Gasteiger partial charge in [-0.3, -0.25) is 0 Å². The lowest BCUT2D eigenvalue weighted by molar-refractivity contribution is -0.138. The molecule has 2 rings (SSSR count). The van der Waals surface area contributed by atoms with Crippen LogP contribution in [0.3, 0.4) is 0 Å². The number of halogens is 3. The van der Waals surface area contributed by atoms with E-state index in [2.05, 4.69) is 6.92 Å². The van der Waals surface area contributed by atoms with Crippen LogP contribution in [0, 0.1) is 5.92 Å². The Balaban J connectivity index is 2.16. The smallest absolute Gasteiger partial charge is 0.392 e. The highest BCUT2D eigenvalue weighted by Crippen LogP contribution is 2.39. The Morgan fingerprint density at radius 1 is 1.30 bits per heavy atom. The number of benzene rings is 1. The van der Waals surface area contributed by atoms with E-state index < -0.39 is 18.3 Å². The van der Waals surface area contributed by atoms with Gasteiger partial charge in [0.1, 0.15) is 0 Å². The van der Waals surface area contributed by atoms with Gasteiger partial charge in [-0.05, 0) is 36.5 Å². The molecule has 0 spiro atoms. The van der Waals surface area contributed by atoms with Gasteiger partial charge < -0.3 is 5.11 Å². The van der Waals surface area contributed by atoms with E-state index >= 15 is 0 Å². The fraction of sp³-hybridized carbons (Fsp3) is 0.600. The van der Waals surface area contributed by atoms with E-state index in [9.17, 15) is 13.2 Å². The van der Waals surface area contributed by atoms with Crippen LogP contribution in [-0.4, -0.2) is 10.4 Å². The van der Waals surface area contributed by atoms with Crippen LogP contribution in [0.5, 0.6) is 0 Å². The second kappa shape index (κ2) is 6.39. The van der Waals surface area contributed by atoms with Gasteiger partial charge in [-0.15, -0.1) is 11.8 Å². The molecule has 112 valence electrons. The van der Waals surface area contributed by atoms with Gasteiger partial charge in [0.25, 0.3) is 0 Å². The van der Waals surface area contributed by atoms with Crippen LogP contribution in [0.2, 0.25) is 0 Å². The highest BCUT2D eigenvalue weighted by Gasteiger charge is 2.33. The minimum absolute atomic E-state index is 0.0566. The molecule has 1 aliphatic carbocycles. The number of hydrogen-bond donors (Lipinski definition) is 1. The first-order valence-electron chi connectivity index (χ1n) is 6.87. The maximum Gasteiger partial charge on any atom is 0.416 e. The molecule has 1 N–H and O–H groups in total. The predicted molar refractivity (Wildman–Crippen MR) is 74.6 cm³/mol. The van der Waals surface area contributed by atoms with E-state index in [4.69, 9.17) is 5.11 Å². The van der Waals surface area contributed by atoms with E-state index in [1.54, 1.807) is 6.07 Å². The maximum absolute atomic E-state index is 12.9. The number of thioether (sulfide) groups is 1. The molecule has 1 aromatic rings. The zero-order valence-electron chi connectivity index (χ0n) is 11.4. The van der Waals surface area contributed by atoms with Crippen LogP contribution < -0.4 is 0 Å². The molecule has 1 saturated carbocycles. The Morgan fingerprint density at radius 2 is 2.05 bits per heavy atom. The molecule has 1 aromatic carbocycles. The average Bonchev–Trinajstić information content (AvgIpc) is 2.37. The predicted octanol–water partition coefficient (Wildman–Crippen LogP) is 4.87. The Morgan fingerprint density at radius 3 is 2.65 bits per heavy atom. The third kappa shape index (κ3) is 3.92. The number of aliphatic hydroxyl groups excluding tert-OH is 1. The summed E-state index contributed by atoms with van der Waals surface area (Å²) in [5.74, 6) is 0.653. The second-order valence-electron chi connectivity index (χ2n) is 5.49. The summed E-state index contributed by atoms with van der Waals surface area (Å²) >= 11 is 1.54. The molecule has 0 heterocycles. The average molecular weight is 304 g/mol. The summed E-state index contributed by atoms with van der Waals surface area (Å²) in [4.78, 5) is 0.647. The molecule has 0 aliphatic heterocycles. The molecule has 0 bridgehead atoms. The molecule has 5 heteroatoms. The highest BCUT2D eigenvalue weighted by molar-refractivity contribution is 8.00. The van der Waals surface area contributed by atoms with Crippen molar-refractivity contribution < 1.29 is 18.3 Å². The largest absolute Gasteiger partial charge is 0.416 e. The molecular formula is C15H19F3OS. The van der Waals surface area contributed by atoms with Crippen molar-refractivity contribution in [1.82, 2.24) is 0 Å². The summed E-state index contributed by atoms with van der Waals surface area (Å²) in [5.41, 5.74) is -0.771. The first-order chi connectivity index (χ1) is 9.40. The van der Waals surface area contributed by atoms with Gasteiger partial charge >= 0.3 is 6.18 Å². The van der Waals surface area contributed by atoms with Crippen molar-refractivity contribution >= 4 is 11.8 Å². The SMILES string of the molecule is CC1CCCC(Sc2ccc(CO)c(C(F)(F)F)c2)C1. The monoisotopic (exact) mass is 304 g/mol. The van der Waals surface area contributed by atoms with Crippen molar-refractivity contribution in [2.45, 2.75) is 55.5 Å². The molecule has 1 fully saturated rings. The standard InChI is InChI=1S/C15H19F3OS/c1-10-3-2-4-12(7-10)20-13-6-5-11(9-19)14(8-13)15(16,17)18/h5-6,8,10,12,19H,2-4,7,9H2,1H3. The fourth-order valence-corrected chi connectivity index (χ4v) is 4.14. The quantitative estimate of drug-likeness (QED) is 0.860. The summed E-state index contributed by atoms with van der Waals surface area (Å²) in [6.07, 6.45) is 0.0916. The van der Waals surface area contributed by atoms with Gasteiger partial charge in [0, 0.05) is 10.1 Å². The van der Waals surface area contributed by atoms with Crippen molar-refractivity contribution in [1.29, 1.82) is 0 Å². The molecule has 0 aromatic heterocycles. The van der Waals surface area contributed by atoms with Crippen LogP contribution in [0.15, 0.2) is 23.1 Å². The first kappa shape index (κ1) is 15.7. The van der Waals surface area contributed by atoms with Crippen LogP contribution in [0.1, 0.15) is 43.7 Å². The number of rotatable bonds is 3. The molecule has 0 amide bonds. The van der Waals surface area contributed by atoms with Crippen molar-refractivity contribution in [3.05, 3.63) is 29.3 Å². The molecular weight excluding hydrogens is 285 g/mol. The summed E-state index contributed by atoms with van der Waals surface area (Å²) in [6, 6.07) is 4.25. The van der Waals surface area contributed by atoms with Gasteiger partial charge in [-0.2, -0.15) is 13.2 Å². The van der Waals surface area contributed by atoms with Crippen molar-refractivity contribution in [3.8, 4) is 0 Å². The number of alkyl halides is 3. The van der Waals surface area contributed by atoms with Gasteiger partial charge in [0.2, 0.25) is 0 Å². The van der Waals surface area contributed by atoms with E-state index in [0.29, 0.717) is 16.1 Å². The molecule has 0 radical (unpaired) electrons. The lowest BCUT2D eigenvalue weighted by atomic mass is 9.91. The highest BCUT2D eigenvalue weighted by atomic mass is 32.2. The third-order valence-corrected chi connectivity index (χ3v) is 5.04. The lowest BCUT2D eigenvalue weighted by Gasteiger charge is -2.26. The van der Waals surface area contributed by atoms with Crippen LogP contribution in [0.4, 0.5) is 13.2 Å². The summed E-state index contributed by atoms with van der Waals surface area (Å²) in [7, 11) is 0. The lowest BCUT2D eigenvalue weighted by Crippen LogP contribution is -2.15.